The molecule has 0 saturated heterocycles. The van der Waals surface area contributed by atoms with Gasteiger partial charge in [0.05, 0.1) is 0 Å². The van der Waals surface area contributed by atoms with Gasteiger partial charge in [0.1, 0.15) is 0 Å². The molecule has 0 bridgehead atoms. The quantitative estimate of drug-likeness (QED) is 0.431. The van der Waals surface area contributed by atoms with Crippen LogP contribution in [-0.2, 0) is 36.5 Å². The van der Waals surface area contributed by atoms with E-state index in [0.717, 1.165) is 0 Å². The summed E-state index contributed by atoms with van der Waals surface area (Å²) in [7, 11) is 0. The molecule has 0 unspecified atom stereocenters. The maximum absolute atomic E-state index is 2.53. The van der Waals surface area contributed by atoms with E-state index in [1.165, 1.54) is 55.2 Å². The van der Waals surface area contributed by atoms with Crippen molar-refractivity contribution in [2.24, 2.45) is 0 Å². The van der Waals surface area contributed by atoms with E-state index in [2.05, 4.69) is 94.4 Å². The topological polar surface area (TPSA) is 0 Å². The smallest absolute Gasteiger partial charge is 0.0126 e. The van der Waals surface area contributed by atoms with E-state index in [1.54, 1.807) is 33.4 Å². The summed E-state index contributed by atoms with van der Waals surface area (Å²) in [6.45, 7) is 25.6. The third-order valence-corrected chi connectivity index (χ3v) is 7.56. The van der Waals surface area contributed by atoms with Crippen molar-refractivity contribution in [3.05, 3.63) is 68.3 Å². The molecule has 0 radical (unpaired) electrons. The highest BCUT2D eigenvalue weighted by molar-refractivity contribution is 5.53. The van der Waals surface area contributed by atoms with Crippen LogP contribution in [0.3, 0.4) is 0 Å². The number of rotatable bonds is 2. The summed E-state index contributed by atoms with van der Waals surface area (Å²) in [5.74, 6) is 1.20. The summed E-state index contributed by atoms with van der Waals surface area (Å²) in [4.78, 5) is 0. The number of fused-ring (bicyclic) bond motifs is 2. The lowest BCUT2D eigenvalue weighted by Crippen LogP contribution is -2.19. The molecule has 2 aromatic rings. The van der Waals surface area contributed by atoms with Gasteiger partial charge in [-0.25, -0.2) is 0 Å². The van der Waals surface area contributed by atoms with E-state index >= 15 is 0 Å². The molecule has 0 amide bonds. The molecule has 0 N–H and O–H groups in total. The van der Waals surface area contributed by atoms with Gasteiger partial charge in [0.2, 0.25) is 0 Å². The molecule has 0 heteroatoms. The summed E-state index contributed by atoms with van der Waals surface area (Å²) in [5, 5.41) is 0. The average molecular weight is 447 g/mol. The Balaban J connectivity index is 0.000000186. The van der Waals surface area contributed by atoms with Crippen LogP contribution in [0.5, 0.6) is 0 Å². The van der Waals surface area contributed by atoms with Crippen LogP contribution in [-0.4, -0.2) is 0 Å². The predicted octanol–water partition coefficient (Wildman–Crippen LogP) is 9.50. The molecule has 182 valence electrons. The second-order valence-corrected chi connectivity index (χ2v) is 13.4. The number of hydrogen-bond donors (Lipinski definition) is 0. The molecular formula is C33H50. The summed E-state index contributed by atoms with van der Waals surface area (Å²) in [6, 6.07) is 7.27. The Labute approximate surface area is 205 Å². The van der Waals surface area contributed by atoms with Crippen molar-refractivity contribution in [2.45, 2.75) is 137 Å². The molecule has 0 fully saturated rings. The Hall–Kier alpha value is -1.56. The predicted molar refractivity (Wildman–Crippen MR) is 147 cm³/mol. The van der Waals surface area contributed by atoms with E-state index < -0.39 is 0 Å². The fourth-order valence-electron chi connectivity index (χ4n) is 6.34. The zero-order valence-corrected chi connectivity index (χ0v) is 23.6. The standard InChI is InChI=1S/C17H28.C16H22/c1-11(2)14-9-13(5)10-15(12(3)4)16(14)17(6,7)8;1-16(2,3)15-13-8-4-6-11(13)10-12-7-5-9-14(12)15/h9-12H,1-8H3;10H,4-9H2,1-3H3. The number of hydrogen-bond acceptors (Lipinski definition) is 0. The van der Waals surface area contributed by atoms with Gasteiger partial charge in [-0.1, -0.05) is 93.0 Å². The van der Waals surface area contributed by atoms with Crippen LogP contribution >= 0.6 is 0 Å². The SMILES string of the molecule is CC(C)(C)c1c2c(cc3c1CCC3)CCC2.Cc1cc(C(C)C)c(C(C)(C)C)c(C(C)C)c1. The monoisotopic (exact) mass is 446 g/mol. The van der Waals surface area contributed by atoms with Gasteiger partial charge < -0.3 is 0 Å². The fourth-order valence-corrected chi connectivity index (χ4v) is 6.34. The minimum absolute atomic E-state index is 0.229. The lowest BCUT2D eigenvalue weighted by molar-refractivity contribution is 0.563. The Kier molecular flexibility index (Phi) is 7.57. The Bertz CT molecular complexity index is 925. The zero-order chi connectivity index (χ0) is 24.7. The van der Waals surface area contributed by atoms with Crippen molar-refractivity contribution < 1.29 is 0 Å². The van der Waals surface area contributed by atoms with Crippen molar-refractivity contribution in [3.8, 4) is 0 Å². The summed E-state index contributed by atoms with van der Waals surface area (Å²) < 4.78 is 0. The van der Waals surface area contributed by atoms with Crippen LogP contribution in [0.25, 0.3) is 0 Å². The van der Waals surface area contributed by atoms with Gasteiger partial charge in [0.15, 0.2) is 0 Å². The molecule has 33 heavy (non-hydrogen) atoms. The third-order valence-electron chi connectivity index (χ3n) is 7.56. The van der Waals surface area contributed by atoms with Crippen LogP contribution in [0.4, 0.5) is 0 Å². The molecule has 0 aliphatic heterocycles. The van der Waals surface area contributed by atoms with Crippen LogP contribution in [0.1, 0.15) is 144 Å². The summed E-state index contributed by atoms with van der Waals surface area (Å²) in [5.41, 5.74) is 15.1. The first-order valence-corrected chi connectivity index (χ1v) is 13.5. The maximum Gasteiger partial charge on any atom is -0.0126 e. The minimum Gasteiger partial charge on any atom is -0.0587 e. The molecule has 0 saturated carbocycles. The molecule has 2 aliphatic carbocycles. The van der Waals surface area contributed by atoms with Gasteiger partial charge in [-0.3, -0.25) is 0 Å². The van der Waals surface area contributed by atoms with Crippen molar-refractivity contribution in [3.63, 3.8) is 0 Å². The van der Waals surface area contributed by atoms with E-state index in [4.69, 9.17) is 0 Å². The average Bonchev–Trinajstić information content (AvgIpc) is 3.32. The zero-order valence-electron chi connectivity index (χ0n) is 23.6. The second-order valence-electron chi connectivity index (χ2n) is 13.4. The molecule has 0 spiro atoms. The largest absolute Gasteiger partial charge is 0.0587 e. The van der Waals surface area contributed by atoms with Gasteiger partial charge in [0.25, 0.3) is 0 Å². The Morgan fingerprint density at radius 3 is 1.30 bits per heavy atom. The lowest BCUT2D eigenvalue weighted by atomic mass is 9.75. The number of aryl methyl sites for hydroxylation is 3. The van der Waals surface area contributed by atoms with Crippen molar-refractivity contribution >= 4 is 0 Å². The molecule has 0 aromatic heterocycles. The van der Waals surface area contributed by atoms with Gasteiger partial charge in [0, 0.05) is 0 Å². The van der Waals surface area contributed by atoms with E-state index in [9.17, 15) is 0 Å². The first-order chi connectivity index (χ1) is 15.2. The number of benzene rings is 2. The van der Waals surface area contributed by atoms with Crippen molar-refractivity contribution in [2.75, 3.05) is 0 Å². The molecule has 0 nitrogen and oxygen atoms in total. The maximum atomic E-state index is 2.53. The van der Waals surface area contributed by atoms with Crippen molar-refractivity contribution in [1.29, 1.82) is 0 Å². The highest BCUT2D eigenvalue weighted by Gasteiger charge is 2.29. The third kappa shape index (κ3) is 5.58. The van der Waals surface area contributed by atoms with Crippen LogP contribution in [0.15, 0.2) is 18.2 Å². The van der Waals surface area contributed by atoms with E-state index in [0.29, 0.717) is 17.3 Å². The highest BCUT2D eigenvalue weighted by atomic mass is 14.3. The molecule has 4 rings (SSSR count). The Morgan fingerprint density at radius 2 is 0.970 bits per heavy atom. The summed E-state index contributed by atoms with van der Waals surface area (Å²) >= 11 is 0. The first kappa shape index (κ1) is 26.1. The molecule has 0 heterocycles. The van der Waals surface area contributed by atoms with Crippen LogP contribution < -0.4 is 0 Å². The van der Waals surface area contributed by atoms with Gasteiger partial charge in [-0.05, 0) is 113 Å². The normalized spacial score (nSPS) is 15.5. The van der Waals surface area contributed by atoms with Gasteiger partial charge in [-0.2, -0.15) is 0 Å². The molecule has 2 aliphatic rings. The second kappa shape index (κ2) is 9.59. The molecule has 0 atom stereocenters. The Morgan fingerprint density at radius 1 is 0.576 bits per heavy atom. The van der Waals surface area contributed by atoms with Crippen LogP contribution in [0, 0.1) is 6.92 Å². The molecular weight excluding hydrogens is 396 g/mol. The van der Waals surface area contributed by atoms with Crippen molar-refractivity contribution in [1.82, 2.24) is 0 Å². The minimum atomic E-state index is 0.229. The van der Waals surface area contributed by atoms with Gasteiger partial charge >= 0.3 is 0 Å². The summed E-state index contributed by atoms with van der Waals surface area (Å²) in [6.07, 6.45) is 8.06. The van der Waals surface area contributed by atoms with Gasteiger partial charge in [-0.15, -0.1) is 0 Å². The highest BCUT2D eigenvalue weighted by Crippen LogP contribution is 2.41. The lowest BCUT2D eigenvalue weighted by Gasteiger charge is -2.30. The van der Waals surface area contributed by atoms with Crippen LogP contribution in [0.2, 0.25) is 0 Å². The molecule has 2 aromatic carbocycles. The van der Waals surface area contributed by atoms with E-state index in [1.807, 2.05) is 0 Å². The fraction of sp³-hybridized carbons (Fsp3) is 0.636. The first-order valence-electron chi connectivity index (χ1n) is 13.5. The van der Waals surface area contributed by atoms with E-state index in [-0.39, 0.29) is 5.41 Å².